The van der Waals surface area contributed by atoms with Crippen LogP contribution in [-0.2, 0) is 9.22 Å². The van der Waals surface area contributed by atoms with E-state index in [1.54, 1.807) is 0 Å². The van der Waals surface area contributed by atoms with Crippen molar-refractivity contribution in [1.82, 2.24) is 4.90 Å². The van der Waals surface area contributed by atoms with Crippen LogP contribution in [0.4, 0.5) is 0 Å². The van der Waals surface area contributed by atoms with Gasteiger partial charge in [-0.25, -0.2) is 0 Å². The summed E-state index contributed by atoms with van der Waals surface area (Å²) in [7, 11) is 0.289. The molecule has 1 atom stereocenters. The van der Waals surface area contributed by atoms with Crippen molar-refractivity contribution in [2.45, 2.75) is 32.5 Å². The Kier molecular flexibility index (Phi) is 2.58. The minimum absolute atomic E-state index is 0.143. The smallest absolute Gasteiger partial charge is 0.249 e. The molecule has 1 rings (SSSR count). The molecule has 1 aliphatic heterocycles. The van der Waals surface area contributed by atoms with Gasteiger partial charge in [-0.1, -0.05) is 6.92 Å². The van der Waals surface area contributed by atoms with E-state index in [0.717, 1.165) is 12.6 Å². The normalized spacial score (nSPS) is 29.2. The predicted molar refractivity (Wildman–Crippen MR) is 50.3 cm³/mol. The van der Waals surface area contributed by atoms with Crippen molar-refractivity contribution >= 4 is 14.2 Å². The summed E-state index contributed by atoms with van der Waals surface area (Å²) in [4.78, 5) is 13.3. The molecule has 1 unspecified atom stereocenters. The zero-order valence-corrected chi connectivity index (χ0v) is 9.26. The van der Waals surface area contributed by atoms with E-state index in [1.165, 1.54) is 0 Å². The number of likely N-dealkylation sites (N-methyl/N-ethyl adjacent to an activating group) is 1. The third-order valence-corrected chi connectivity index (χ3v) is 4.26. The van der Waals surface area contributed by atoms with Crippen molar-refractivity contribution in [1.29, 1.82) is 0 Å². The Morgan fingerprint density at radius 2 is 2.25 bits per heavy atom. The number of carbonyl (C=O) groups is 1. The van der Waals surface area contributed by atoms with Crippen LogP contribution in [0.25, 0.3) is 0 Å². The fraction of sp³-hybridized carbons (Fsp3) is 0.875. The summed E-state index contributed by atoms with van der Waals surface area (Å²) < 4.78 is 5.75. The fourth-order valence-electron chi connectivity index (χ4n) is 1.63. The molecule has 0 bridgehead atoms. The fourth-order valence-corrected chi connectivity index (χ4v) is 4.04. The maximum atomic E-state index is 11.5. The molecule has 1 saturated heterocycles. The quantitative estimate of drug-likeness (QED) is 0.573. The molecule has 0 aliphatic carbocycles. The number of nitrogens with zero attached hydrogens (tertiary/aromatic N) is 1. The average molecular weight is 187 g/mol. The molecule has 0 saturated carbocycles. The highest BCUT2D eigenvalue weighted by atomic mass is 28.4. The van der Waals surface area contributed by atoms with Gasteiger partial charge in [0.05, 0.1) is 0 Å². The monoisotopic (exact) mass is 187 g/mol. The van der Waals surface area contributed by atoms with Crippen LogP contribution in [0.2, 0.25) is 13.1 Å². The maximum Gasteiger partial charge on any atom is 0.249 e. The topological polar surface area (TPSA) is 29.5 Å². The van der Waals surface area contributed by atoms with E-state index < -0.39 is 8.32 Å². The first-order valence-electron chi connectivity index (χ1n) is 4.39. The first kappa shape index (κ1) is 9.73. The highest BCUT2D eigenvalue weighted by molar-refractivity contribution is 6.72. The minimum atomic E-state index is -1.57. The Bertz CT molecular complexity index is 193. The highest BCUT2D eigenvalue weighted by Gasteiger charge is 2.38. The first-order chi connectivity index (χ1) is 5.46. The van der Waals surface area contributed by atoms with Crippen LogP contribution in [0.15, 0.2) is 0 Å². The van der Waals surface area contributed by atoms with Crippen LogP contribution in [0, 0.1) is 0 Å². The summed E-state index contributed by atoms with van der Waals surface area (Å²) in [5.41, 5.74) is 0. The molecule has 1 aliphatic rings. The van der Waals surface area contributed by atoms with E-state index in [1.807, 2.05) is 18.9 Å². The van der Waals surface area contributed by atoms with Crippen molar-refractivity contribution < 1.29 is 9.22 Å². The van der Waals surface area contributed by atoms with Gasteiger partial charge in [0.1, 0.15) is 6.10 Å². The largest absolute Gasteiger partial charge is 0.404 e. The van der Waals surface area contributed by atoms with E-state index in [0.29, 0.717) is 0 Å². The lowest BCUT2D eigenvalue weighted by Crippen LogP contribution is -2.57. The van der Waals surface area contributed by atoms with E-state index in [4.69, 9.17) is 4.43 Å². The van der Waals surface area contributed by atoms with E-state index in [2.05, 4.69) is 13.1 Å². The average Bonchev–Trinajstić information content (AvgIpc) is 1.96. The molecule has 4 heteroatoms. The summed E-state index contributed by atoms with van der Waals surface area (Å²) in [6, 6.07) is 0. The van der Waals surface area contributed by atoms with Gasteiger partial charge in [0.15, 0.2) is 0 Å². The first-order valence-corrected chi connectivity index (χ1v) is 7.50. The molecule has 1 amide bonds. The van der Waals surface area contributed by atoms with Gasteiger partial charge in [-0.3, -0.25) is 4.79 Å². The SMILES string of the molecule is CCC1O[Si](C)(C)CN(C)C1=O. The van der Waals surface area contributed by atoms with Gasteiger partial charge in [0.25, 0.3) is 0 Å². The van der Waals surface area contributed by atoms with Gasteiger partial charge < -0.3 is 9.33 Å². The van der Waals surface area contributed by atoms with Crippen LogP contribution in [-0.4, -0.2) is 38.4 Å². The Morgan fingerprint density at radius 1 is 1.67 bits per heavy atom. The van der Waals surface area contributed by atoms with E-state index in [9.17, 15) is 4.79 Å². The van der Waals surface area contributed by atoms with Gasteiger partial charge >= 0.3 is 0 Å². The van der Waals surface area contributed by atoms with Crippen LogP contribution in [0.3, 0.4) is 0 Å². The van der Waals surface area contributed by atoms with E-state index in [-0.39, 0.29) is 12.0 Å². The third-order valence-electron chi connectivity index (χ3n) is 2.10. The van der Waals surface area contributed by atoms with Gasteiger partial charge in [-0.05, 0) is 19.5 Å². The molecular weight excluding hydrogens is 170 g/mol. The Labute approximate surface area is 74.8 Å². The lowest BCUT2D eigenvalue weighted by molar-refractivity contribution is -0.140. The van der Waals surface area contributed by atoms with Crippen molar-refractivity contribution in [2.24, 2.45) is 0 Å². The third kappa shape index (κ3) is 1.87. The summed E-state index contributed by atoms with van der Waals surface area (Å²) in [6.45, 7) is 6.30. The van der Waals surface area contributed by atoms with Crippen molar-refractivity contribution in [3.63, 3.8) is 0 Å². The molecule has 1 heterocycles. The van der Waals surface area contributed by atoms with Gasteiger partial charge in [0, 0.05) is 13.2 Å². The second-order valence-electron chi connectivity index (χ2n) is 3.97. The van der Waals surface area contributed by atoms with Crippen molar-refractivity contribution in [3.05, 3.63) is 0 Å². The standard InChI is InChI=1S/C8H17NO2Si/c1-5-7-8(10)9(2)6-12(3,4)11-7/h7H,5-6H2,1-4H3. The maximum absolute atomic E-state index is 11.5. The lowest BCUT2D eigenvalue weighted by atomic mass is 10.2. The van der Waals surface area contributed by atoms with Crippen molar-refractivity contribution in [2.75, 3.05) is 13.2 Å². The van der Waals surface area contributed by atoms with Gasteiger partial charge in [-0.15, -0.1) is 0 Å². The molecule has 1 fully saturated rings. The number of amides is 1. The Hall–Kier alpha value is -0.353. The second-order valence-corrected chi connectivity index (χ2v) is 8.04. The lowest BCUT2D eigenvalue weighted by Gasteiger charge is -2.38. The zero-order valence-electron chi connectivity index (χ0n) is 8.26. The number of hydrogen-bond donors (Lipinski definition) is 0. The molecule has 0 aromatic carbocycles. The molecule has 0 aromatic rings. The highest BCUT2D eigenvalue weighted by Crippen LogP contribution is 2.19. The summed E-state index contributed by atoms with van der Waals surface area (Å²) in [6.07, 6.45) is 1.44. The minimum Gasteiger partial charge on any atom is -0.404 e. The van der Waals surface area contributed by atoms with Crippen molar-refractivity contribution in [3.8, 4) is 0 Å². The molecule has 0 N–H and O–H groups in total. The number of hydrogen-bond acceptors (Lipinski definition) is 2. The van der Waals surface area contributed by atoms with Crippen LogP contribution >= 0.6 is 0 Å². The van der Waals surface area contributed by atoms with Crippen LogP contribution in [0.1, 0.15) is 13.3 Å². The molecule has 0 aromatic heterocycles. The van der Waals surface area contributed by atoms with Gasteiger partial charge in [-0.2, -0.15) is 0 Å². The summed E-state index contributed by atoms with van der Waals surface area (Å²) in [5, 5.41) is 0. The molecule has 12 heavy (non-hydrogen) atoms. The molecule has 70 valence electrons. The molecule has 0 spiro atoms. The molecular formula is C8H17NO2Si. The molecule has 0 radical (unpaired) electrons. The number of rotatable bonds is 1. The van der Waals surface area contributed by atoms with Crippen LogP contribution < -0.4 is 0 Å². The van der Waals surface area contributed by atoms with E-state index >= 15 is 0 Å². The predicted octanol–water partition coefficient (Wildman–Crippen LogP) is 0.998. The summed E-state index contributed by atoms with van der Waals surface area (Å²) >= 11 is 0. The molecule has 3 nitrogen and oxygen atoms in total. The Morgan fingerprint density at radius 3 is 2.75 bits per heavy atom. The Balaban J connectivity index is 2.71. The van der Waals surface area contributed by atoms with Gasteiger partial charge in [0.2, 0.25) is 14.2 Å². The zero-order chi connectivity index (χ0) is 9.35. The second kappa shape index (κ2) is 3.18. The van der Waals surface area contributed by atoms with Crippen LogP contribution in [0.5, 0.6) is 0 Å². The number of carbonyl (C=O) groups excluding carboxylic acids is 1. The summed E-state index contributed by atoms with van der Waals surface area (Å²) in [5.74, 6) is 0.143.